The second kappa shape index (κ2) is 19.7. The minimum atomic E-state index is -0.738. The molecule has 0 saturated carbocycles. The summed E-state index contributed by atoms with van der Waals surface area (Å²) in [7, 11) is 0. The molecule has 15 nitrogen and oxygen atoms in total. The zero-order chi connectivity index (χ0) is 31.7. The zero-order valence-electron chi connectivity index (χ0n) is 24.7. The maximum absolute atomic E-state index is 13.1. The van der Waals surface area contributed by atoms with Crippen molar-refractivity contribution in [3.05, 3.63) is 0 Å². The normalized spacial score (nSPS) is 14.5. The van der Waals surface area contributed by atoms with Gasteiger partial charge in [-0.2, -0.15) is 0 Å². The number of carbonyl (C=O) groups excluding carboxylic acids is 6. The molecule has 16 heteroatoms. The van der Waals surface area contributed by atoms with Crippen LogP contribution >= 0.6 is 12.2 Å². The third-order valence-electron chi connectivity index (χ3n) is 5.99. The fourth-order valence-electron chi connectivity index (χ4n) is 3.71. The van der Waals surface area contributed by atoms with Crippen LogP contribution in [0.4, 0.5) is 4.79 Å². The van der Waals surface area contributed by atoms with Gasteiger partial charge >= 0.3 is 12.0 Å². The van der Waals surface area contributed by atoms with Gasteiger partial charge in [0.15, 0.2) is 10.9 Å². The van der Waals surface area contributed by atoms with Crippen molar-refractivity contribution < 1.29 is 43.1 Å². The van der Waals surface area contributed by atoms with E-state index in [2.05, 4.69) is 21.3 Å². The number of nitrogens with one attached hydrogen (secondary N) is 4. The molecular formula is C26H44N6O9S. The van der Waals surface area contributed by atoms with E-state index in [0.717, 1.165) is 0 Å². The molecule has 1 fully saturated rings. The fraction of sp³-hybridized carbons (Fsp3) is 0.731. The summed E-state index contributed by atoms with van der Waals surface area (Å²) in [6.45, 7) is 8.65. The SMILES string of the molecule is CC(C)C(=O)[C@H](CCCNC(N)=O)NC(=O)[C@@H](NC(=S)NCCOCCOCCC(=O)ON1C(=O)CCC1=O)C(C)C. The van der Waals surface area contributed by atoms with Crippen LogP contribution in [0.1, 0.15) is 59.8 Å². The Balaban J connectivity index is 2.30. The molecule has 5 amide bonds. The Morgan fingerprint density at radius 2 is 1.52 bits per heavy atom. The quantitative estimate of drug-likeness (QED) is 0.0677. The molecule has 1 saturated heterocycles. The van der Waals surface area contributed by atoms with E-state index in [1.54, 1.807) is 13.8 Å². The molecule has 1 aliphatic heterocycles. The summed E-state index contributed by atoms with van der Waals surface area (Å²) < 4.78 is 10.7. The van der Waals surface area contributed by atoms with Crippen molar-refractivity contribution in [3.8, 4) is 0 Å². The minimum Gasteiger partial charge on any atom is -0.378 e. The van der Waals surface area contributed by atoms with Gasteiger partial charge in [-0.05, 0) is 31.0 Å². The number of hydrogen-bond donors (Lipinski definition) is 5. The number of Topliss-reactive ketones (excluding diaryl/α,β-unsaturated/α-hetero) is 1. The Morgan fingerprint density at radius 3 is 2.10 bits per heavy atom. The van der Waals surface area contributed by atoms with Crippen molar-refractivity contribution in [1.82, 2.24) is 26.3 Å². The van der Waals surface area contributed by atoms with E-state index in [4.69, 9.17) is 32.3 Å². The van der Waals surface area contributed by atoms with Gasteiger partial charge in [0.2, 0.25) is 5.91 Å². The van der Waals surface area contributed by atoms with Gasteiger partial charge in [-0.1, -0.05) is 27.7 Å². The smallest absolute Gasteiger partial charge is 0.335 e. The number of urea groups is 1. The molecule has 0 aromatic heterocycles. The summed E-state index contributed by atoms with van der Waals surface area (Å²) in [5.41, 5.74) is 5.07. The number of nitrogens with zero attached hydrogens (tertiary/aromatic N) is 1. The molecule has 0 aromatic carbocycles. The topological polar surface area (TPSA) is 207 Å². The molecule has 0 radical (unpaired) electrons. The monoisotopic (exact) mass is 616 g/mol. The molecule has 0 aromatic rings. The number of imide groups is 1. The van der Waals surface area contributed by atoms with Gasteiger partial charge in [-0.3, -0.25) is 19.2 Å². The Labute approximate surface area is 251 Å². The average Bonchev–Trinajstić information content (AvgIpc) is 3.23. The average molecular weight is 617 g/mol. The van der Waals surface area contributed by atoms with Gasteiger partial charge < -0.3 is 41.3 Å². The molecule has 0 spiro atoms. The summed E-state index contributed by atoms with van der Waals surface area (Å²) in [4.78, 5) is 75.9. The summed E-state index contributed by atoms with van der Waals surface area (Å²) in [5.74, 6) is -2.72. The van der Waals surface area contributed by atoms with Gasteiger partial charge in [0.25, 0.3) is 11.8 Å². The summed E-state index contributed by atoms with van der Waals surface area (Å²) in [6, 6.07) is -2.06. The third kappa shape index (κ3) is 14.5. The third-order valence-corrected chi connectivity index (χ3v) is 6.25. The van der Waals surface area contributed by atoms with Crippen LogP contribution in [0.15, 0.2) is 0 Å². The van der Waals surface area contributed by atoms with Crippen LogP contribution in [0.3, 0.4) is 0 Å². The van der Waals surface area contributed by atoms with Crippen LogP contribution in [0.25, 0.3) is 0 Å². The predicted molar refractivity (Wildman–Crippen MR) is 154 cm³/mol. The van der Waals surface area contributed by atoms with Gasteiger partial charge in [0.1, 0.15) is 6.04 Å². The molecule has 238 valence electrons. The van der Waals surface area contributed by atoms with E-state index in [1.165, 1.54) is 0 Å². The minimum absolute atomic E-state index is 0.0321. The number of rotatable bonds is 20. The summed E-state index contributed by atoms with van der Waals surface area (Å²) in [6.07, 6.45) is 0.756. The number of amides is 5. The maximum Gasteiger partial charge on any atom is 0.335 e. The van der Waals surface area contributed by atoms with E-state index in [9.17, 15) is 28.8 Å². The highest BCUT2D eigenvalue weighted by molar-refractivity contribution is 7.80. The molecule has 0 bridgehead atoms. The van der Waals surface area contributed by atoms with Gasteiger partial charge in [0.05, 0.1) is 38.9 Å². The lowest BCUT2D eigenvalue weighted by atomic mass is 9.96. The van der Waals surface area contributed by atoms with Crippen molar-refractivity contribution in [2.45, 2.75) is 71.9 Å². The Bertz CT molecular complexity index is 947. The van der Waals surface area contributed by atoms with Crippen molar-refractivity contribution in [2.24, 2.45) is 17.6 Å². The van der Waals surface area contributed by atoms with Crippen LogP contribution in [-0.2, 0) is 38.3 Å². The molecule has 6 N–H and O–H groups in total. The summed E-state index contributed by atoms with van der Waals surface area (Å²) in [5, 5.41) is 12.0. The number of thiocarbonyl (C=S) groups is 1. The lowest BCUT2D eigenvalue weighted by Gasteiger charge is -2.27. The number of carbonyl (C=O) groups is 6. The molecular weight excluding hydrogens is 572 g/mol. The van der Waals surface area contributed by atoms with Crippen molar-refractivity contribution in [3.63, 3.8) is 0 Å². The highest BCUT2D eigenvalue weighted by atomic mass is 32.1. The van der Waals surface area contributed by atoms with E-state index in [0.29, 0.717) is 31.0 Å². The predicted octanol–water partition coefficient (Wildman–Crippen LogP) is -0.336. The standard InChI is InChI=1S/C26H44N6O9S/c1-16(2)22(24(37)30-18(23(36)17(3)4)6-5-10-28-25(27)38)31-26(42)29-11-13-40-15-14-39-12-9-21(35)41-32-19(33)7-8-20(32)34/h16-18,22H,5-15H2,1-4H3,(H,30,37)(H3,27,28,38)(H2,29,31,42)/t18-,22-/m0/s1. The number of ether oxygens (including phenoxy) is 2. The van der Waals surface area contributed by atoms with Gasteiger partial charge in [0, 0.05) is 31.8 Å². The first-order valence-corrected chi connectivity index (χ1v) is 14.4. The van der Waals surface area contributed by atoms with Crippen LogP contribution < -0.4 is 27.0 Å². The van der Waals surface area contributed by atoms with E-state index >= 15 is 0 Å². The maximum atomic E-state index is 13.1. The van der Waals surface area contributed by atoms with Crippen LogP contribution in [0.2, 0.25) is 0 Å². The second-order valence-electron chi connectivity index (χ2n) is 10.2. The Morgan fingerprint density at radius 1 is 0.905 bits per heavy atom. The van der Waals surface area contributed by atoms with E-state index < -0.39 is 35.9 Å². The lowest BCUT2D eigenvalue weighted by Crippen LogP contribution is -2.56. The first-order valence-electron chi connectivity index (χ1n) is 14.0. The van der Waals surface area contributed by atoms with Gasteiger partial charge in [-0.25, -0.2) is 9.59 Å². The summed E-state index contributed by atoms with van der Waals surface area (Å²) >= 11 is 5.32. The highest BCUT2D eigenvalue weighted by Gasteiger charge is 2.32. The van der Waals surface area contributed by atoms with Crippen molar-refractivity contribution in [1.29, 1.82) is 0 Å². The zero-order valence-corrected chi connectivity index (χ0v) is 25.5. The van der Waals surface area contributed by atoms with Crippen molar-refractivity contribution >= 4 is 52.8 Å². The largest absolute Gasteiger partial charge is 0.378 e. The number of primary amides is 1. The van der Waals surface area contributed by atoms with E-state index in [-0.39, 0.29) is 74.3 Å². The first kappa shape index (κ1) is 36.7. The van der Waals surface area contributed by atoms with Crippen LogP contribution in [-0.4, -0.2) is 97.3 Å². The number of nitrogens with two attached hydrogens (primary N) is 1. The lowest BCUT2D eigenvalue weighted by molar-refractivity contribution is -0.198. The van der Waals surface area contributed by atoms with Gasteiger partial charge in [-0.15, -0.1) is 5.06 Å². The molecule has 2 atom stereocenters. The molecule has 0 unspecified atom stereocenters. The number of ketones is 1. The van der Waals surface area contributed by atoms with E-state index in [1.807, 2.05) is 13.8 Å². The second-order valence-corrected chi connectivity index (χ2v) is 10.6. The first-order chi connectivity index (χ1) is 19.8. The Hall–Kier alpha value is -3.37. The Kier molecular flexibility index (Phi) is 17.2. The molecule has 1 rings (SSSR count). The molecule has 42 heavy (non-hydrogen) atoms. The van der Waals surface area contributed by atoms with Crippen LogP contribution in [0, 0.1) is 11.8 Å². The molecule has 0 aliphatic carbocycles. The highest BCUT2D eigenvalue weighted by Crippen LogP contribution is 2.12. The molecule has 1 aliphatic rings. The van der Waals surface area contributed by atoms with Crippen LogP contribution in [0.5, 0.6) is 0 Å². The fourth-order valence-corrected chi connectivity index (χ4v) is 3.94. The number of hydrogen-bond acceptors (Lipinski definition) is 10. The van der Waals surface area contributed by atoms with Crippen molar-refractivity contribution in [2.75, 3.05) is 39.5 Å². The molecule has 1 heterocycles. The number of hydroxylamine groups is 2.